The SMILES string of the molecule is Cc1ccc(C(=N)N)c(N2CC(C)CCC2C)n1. The number of nitrogens with zero attached hydrogens (tertiary/aromatic N) is 2. The molecule has 0 amide bonds. The third-order valence-corrected chi connectivity index (χ3v) is 3.69. The first kappa shape index (κ1) is 12.9. The van der Waals surface area contributed by atoms with E-state index in [1.807, 2.05) is 19.1 Å². The number of pyridine rings is 1. The van der Waals surface area contributed by atoms with Gasteiger partial charge < -0.3 is 10.6 Å². The smallest absolute Gasteiger partial charge is 0.140 e. The first-order valence-corrected chi connectivity index (χ1v) is 6.57. The zero-order chi connectivity index (χ0) is 13.3. The summed E-state index contributed by atoms with van der Waals surface area (Å²) in [4.78, 5) is 6.91. The molecule has 1 aliphatic heterocycles. The number of aryl methyl sites for hydroxylation is 1. The lowest BCUT2D eigenvalue weighted by atomic mass is 9.94. The molecular weight excluding hydrogens is 224 g/mol. The van der Waals surface area contributed by atoms with Crippen LogP contribution in [0.2, 0.25) is 0 Å². The quantitative estimate of drug-likeness (QED) is 0.621. The van der Waals surface area contributed by atoms with Crippen LogP contribution in [0.4, 0.5) is 5.82 Å². The molecule has 1 saturated heterocycles. The van der Waals surface area contributed by atoms with Gasteiger partial charge in [-0.05, 0) is 44.7 Å². The number of nitrogens with one attached hydrogen (secondary N) is 1. The van der Waals surface area contributed by atoms with Crippen LogP contribution in [0.1, 0.15) is 37.9 Å². The van der Waals surface area contributed by atoms with Gasteiger partial charge in [-0.3, -0.25) is 5.41 Å². The summed E-state index contributed by atoms with van der Waals surface area (Å²) in [5.74, 6) is 1.65. The summed E-state index contributed by atoms with van der Waals surface area (Å²) in [6.45, 7) is 7.46. The maximum absolute atomic E-state index is 7.69. The zero-order valence-electron chi connectivity index (χ0n) is 11.4. The minimum atomic E-state index is 0.0999. The van der Waals surface area contributed by atoms with E-state index in [4.69, 9.17) is 11.1 Å². The molecule has 98 valence electrons. The van der Waals surface area contributed by atoms with Crippen molar-refractivity contribution in [3.8, 4) is 0 Å². The van der Waals surface area contributed by atoms with Crippen molar-refractivity contribution in [1.82, 2.24) is 4.98 Å². The number of hydrogen-bond donors (Lipinski definition) is 2. The van der Waals surface area contributed by atoms with Crippen molar-refractivity contribution in [2.45, 2.75) is 39.7 Å². The fourth-order valence-corrected chi connectivity index (χ4v) is 2.56. The molecule has 0 aromatic carbocycles. The van der Waals surface area contributed by atoms with Crippen LogP contribution in [0.25, 0.3) is 0 Å². The monoisotopic (exact) mass is 246 g/mol. The molecule has 4 nitrogen and oxygen atoms in total. The molecule has 0 saturated carbocycles. The number of piperidine rings is 1. The number of rotatable bonds is 2. The Morgan fingerprint density at radius 1 is 1.39 bits per heavy atom. The lowest BCUT2D eigenvalue weighted by Crippen LogP contribution is -2.42. The summed E-state index contributed by atoms with van der Waals surface area (Å²) in [5.41, 5.74) is 7.39. The van der Waals surface area contributed by atoms with Gasteiger partial charge in [0.05, 0.1) is 5.56 Å². The highest BCUT2D eigenvalue weighted by molar-refractivity contribution is 5.99. The Balaban J connectivity index is 2.41. The largest absolute Gasteiger partial charge is 0.384 e. The third-order valence-electron chi connectivity index (χ3n) is 3.69. The Bertz CT molecular complexity index is 455. The van der Waals surface area contributed by atoms with E-state index in [9.17, 15) is 0 Å². The van der Waals surface area contributed by atoms with Crippen molar-refractivity contribution in [3.63, 3.8) is 0 Å². The van der Waals surface area contributed by atoms with Crippen LogP contribution in [0, 0.1) is 18.3 Å². The molecular formula is C14H22N4. The summed E-state index contributed by atoms with van der Waals surface area (Å²) >= 11 is 0. The average molecular weight is 246 g/mol. The fourth-order valence-electron chi connectivity index (χ4n) is 2.56. The molecule has 2 unspecified atom stereocenters. The molecule has 1 aromatic rings. The predicted molar refractivity (Wildman–Crippen MR) is 75.2 cm³/mol. The van der Waals surface area contributed by atoms with E-state index in [-0.39, 0.29) is 5.84 Å². The van der Waals surface area contributed by atoms with Gasteiger partial charge in [0.2, 0.25) is 0 Å². The first-order chi connectivity index (χ1) is 8.49. The summed E-state index contributed by atoms with van der Waals surface area (Å²) in [6, 6.07) is 4.29. The van der Waals surface area contributed by atoms with Gasteiger partial charge in [-0.1, -0.05) is 6.92 Å². The van der Waals surface area contributed by atoms with Crippen LogP contribution < -0.4 is 10.6 Å². The van der Waals surface area contributed by atoms with Gasteiger partial charge in [-0.15, -0.1) is 0 Å². The van der Waals surface area contributed by atoms with Crippen LogP contribution in [-0.4, -0.2) is 23.4 Å². The lowest BCUT2D eigenvalue weighted by Gasteiger charge is -2.38. The highest BCUT2D eigenvalue weighted by Crippen LogP contribution is 2.28. The standard InChI is InChI=1S/C14H22N4/c1-9-4-6-11(3)18(8-9)14-12(13(15)16)7-5-10(2)17-14/h5,7,9,11H,4,6,8H2,1-3H3,(H3,15,16). The molecule has 4 heteroatoms. The molecule has 0 aliphatic carbocycles. The summed E-state index contributed by atoms with van der Waals surface area (Å²) in [5, 5.41) is 7.69. The Hall–Kier alpha value is -1.58. The second-order valence-electron chi connectivity index (χ2n) is 5.42. The van der Waals surface area contributed by atoms with Crippen molar-refractivity contribution in [3.05, 3.63) is 23.4 Å². The normalized spacial score (nSPS) is 24.1. The number of hydrogen-bond acceptors (Lipinski definition) is 3. The van der Waals surface area contributed by atoms with Crippen LogP contribution in [0.15, 0.2) is 12.1 Å². The van der Waals surface area contributed by atoms with Crippen molar-refractivity contribution in [1.29, 1.82) is 5.41 Å². The maximum Gasteiger partial charge on any atom is 0.140 e. The molecule has 1 aliphatic rings. The Morgan fingerprint density at radius 3 is 2.78 bits per heavy atom. The second kappa shape index (κ2) is 4.96. The van der Waals surface area contributed by atoms with Crippen molar-refractivity contribution in [2.24, 2.45) is 11.7 Å². The summed E-state index contributed by atoms with van der Waals surface area (Å²) in [6.07, 6.45) is 2.44. The van der Waals surface area contributed by atoms with E-state index in [2.05, 4.69) is 23.7 Å². The molecule has 2 rings (SSSR count). The topological polar surface area (TPSA) is 66.0 Å². The van der Waals surface area contributed by atoms with Crippen molar-refractivity contribution >= 4 is 11.7 Å². The number of nitrogen functional groups attached to an aromatic ring is 1. The number of amidine groups is 1. The van der Waals surface area contributed by atoms with Gasteiger partial charge in [0, 0.05) is 18.3 Å². The number of anilines is 1. The van der Waals surface area contributed by atoms with Gasteiger partial charge in [0.15, 0.2) is 0 Å². The van der Waals surface area contributed by atoms with Crippen molar-refractivity contribution in [2.75, 3.05) is 11.4 Å². The van der Waals surface area contributed by atoms with E-state index in [1.165, 1.54) is 12.8 Å². The van der Waals surface area contributed by atoms with Crippen LogP contribution in [0.3, 0.4) is 0 Å². The second-order valence-corrected chi connectivity index (χ2v) is 5.42. The number of nitrogens with two attached hydrogens (primary N) is 1. The minimum Gasteiger partial charge on any atom is -0.384 e. The van der Waals surface area contributed by atoms with E-state index in [0.29, 0.717) is 12.0 Å². The highest BCUT2D eigenvalue weighted by atomic mass is 15.2. The zero-order valence-corrected chi connectivity index (χ0v) is 11.4. The molecule has 1 aromatic heterocycles. The minimum absolute atomic E-state index is 0.0999. The van der Waals surface area contributed by atoms with Gasteiger partial charge >= 0.3 is 0 Å². The molecule has 0 spiro atoms. The predicted octanol–water partition coefficient (Wildman–Crippen LogP) is 2.30. The van der Waals surface area contributed by atoms with E-state index >= 15 is 0 Å². The first-order valence-electron chi connectivity index (χ1n) is 6.57. The van der Waals surface area contributed by atoms with Crippen LogP contribution >= 0.6 is 0 Å². The third kappa shape index (κ3) is 2.47. The van der Waals surface area contributed by atoms with Crippen LogP contribution in [0.5, 0.6) is 0 Å². The van der Waals surface area contributed by atoms with E-state index in [0.717, 1.165) is 23.6 Å². The van der Waals surface area contributed by atoms with Gasteiger partial charge in [-0.2, -0.15) is 0 Å². The fraction of sp³-hybridized carbons (Fsp3) is 0.571. The molecule has 18 heavy (non-hydrogen) atoms. The number of aromatic nitrogens is 1. The molecule has 1 fully saturated rings. The van der Waals surface area contributed by atoms with E-state index in [1.54, 1.807) is 0 Å². The molecule has 2 heterocycles. The summed E-state index contributed by atoms with van der Waals surface area (Å²) < 4.78 is 0. The molecule has 2 atom stereocenters. The Labute approximate surface area is 109 Å². The Morgan fingerprint density at radius 2 is 2.11 bits per heavy atom. The van der Waals surface area contributed by atoms with Gasteiger partial charge in [0.25, 0.3) is 0 Å². The lowest BCUT2D eigenvalue weighted by molar-refractivity contribution is 0.388. The Kier molecular flexibility index (Phi) is 3.55. The van der Waals surface area contributed by atoms with Gasteiger partial charge in [-0.25, -0.2) is 4.98 Å². The maximum atomic E-state index is 7.69. The molecule has 3 N–H and O–H groups in total. The van der Waals surface area contributed by atoms with Crippen LogP contribution in [-0.2, 0) is 0 Å². The van der Waals surface area contributed by atoms with Crippen molar-refractivity contribution < 1.29 is 0 Å². The van der Waals surface area contributed by atoms with Gasteiger partial charge in [0.1, 0.15) is 11.7 Å². The summed E-state index contributed by atoms with van der Waals surface area (Å²) in [7, 11) is 0. The average Bonchev–Trinajstić information content (AvgIpc) is 2.31. The van der Waals surface area contributed by atoms with E-state index < -0.39 is 0 Å². The molecule has 0 bridgehead atoms. The highest BCUT2D eigenvalue weighted by Gasteiger charge is 2.26. The molecule has 0 radical (unpaired) electrons.